The summed E-state index contributed by atoms with van der Waals surface area (Å²) < 4.78 is 5.76. The zero-order valence-corrected chi connectivity index (χ0v) is 11.2. The molecule has 1 N–H and O–H groups in total. The Kier molecular flexibility index (Phi) is 3.83. The second kappa shape index (κ2) is 5.74. The topological polar surface area (TPSA) is 38.3 Å². The van der Waals surface area contributed by atoms with Gasteiger partial charge in [-0.2, -0.15) is 0 Å². The van der Waals surface area contributed by atoms with Crippen molar-refractivity contribution in [2.24, 2.45) is 0 Å². The number of hydrogen-bond donors (Lipinski definition) is 1. The molecule has 1 aliphatic heterocycles. The fourth-order valence-corrected chi connectivity index (χ4v) is 3.11. The summed E-state index contributed by atoms with van der Waals surface area (Å²) in [4.78, 5) is 12.2. The molecule has 1 aromatic rings. The molecule has 2 atom stereocenters. The van der Waals surface area contributed by atoms with E-state index in [1.165, 1.54) is 11.1 Å². The molecule has 1 heterocycles. The highest BCUT2D eigenvalue weighted by Gasteiger charge is 2.28. The van der Waals surface area contributed by atoms with Crippen molar-refractivity contribution >= 4 is 5.97 Å². The van der Waals surface area contributed by atoms with E-state index in [0.717, 1.165) is 45.1 Å². The predicted molar refractivity (Wildman–Crippen MR) is 73.9 cm³/mol. The monoisotopic (exact) mass is 259 g/mol. The van der Waals surface area contributed by atoms with Crippen LogP contribution >= 0.6 is 0 Å². The third-order valence-electron chi connectivity index (χ3n) is 4.17. The Morgan fingerprint density at radius 1 is 1.16 bits per heavy atom. The van der Waals surface area contributed by atoms with Gasteiger partial charge in [0, 0.05) is 0 Å². The first-order chi connectivity index (χ1) is 9.34. The molecule has 1 fully saturated rings. The number of carbonyl (C=O) groups excluding carboxylic acids is 1. The van der Waals surface area contributed by atoms with Gasteiger partial charge in [-0.3, -0.25) is 4.79 Å². The van der Waals surface area contributed by atoms with Crippen molar-refractivity contribution in [3.63, 3.8) is 0 Å². The van der Waals surface area contributed by atoms with Crippen LogP contribution < -0.4 is 5.32 Å². The number of ether oxygens (including phenoxy) is 1. The van der Waals surface area contributed by atoms with Crippen molar-refractivity contribution < 1.29 is 9.53 Å². The van der Waals surface area contributed by atoms with Crippen molar-refractivity contribution in [2.45, 2.75) is 50.7 Å². The molecule has 0 bridgehead atoms. The average Bonchev–Trinajstić information content (AvgIpc) is 2.48. The Balaban J connectivity index is 1.68. The third kappa shape index (κ3) is 2.81. The molecule has 2 unspecified atom stereocenters. The van der Waals surface area contributed by atoms with E-state index in [1.54, 1.807) is 0 Å². The largest absolute Gasteiger partial charge is 0.456 e. The second-order valence-electron chi connectivity index (χ2n) is 5.52. The van der Waals surface area contributed by atoms with Gasteiger partial charge in [-0.1, -0.05) is 30.7 Å². The molecule has 3 heteroatoms. The first-order valence-corrected chi connectivity index (χ1v) is 7.36. The fourth-order valence-electron chi connectivity index (χ4n) is 3.11. The first-order valence-electron chi connectivity index (χ1n) is 7.36. The van der Waals surface area contributed by atoms with Gasteiger partial charge in [-0.25, -0.2) is 0 Å². The summed E-state index contributed by atoms with van der Waals surface area (Å²) in [5, 5.41) is 3.26. The van der Waals surface area contributed by atoms with Crippen LogP contribution in [0, 0.1) is 0 Å². The van der Waals surface area contributed by atoms with Gasteiger partial charge in [-0.15, -0.1) is 0 Å². The van der Waals surface area contributed by atoms with Gasteiger partial charge < -0.3 is 10.1 Å². The summed E-state index contributed by atoms with van der Waals surface area (Å²) in [5.41, 5.74) is 2.54. The average molecular weight is 259 g/mol. The van der Waals surface area contributed by atoms with Crippen LogP contribution in [0.1, 0.15) is 49.3 Å². The zero-order valence-electron chi connectivity index (χ0n) is 11.2. The Morgan fingerprint density at radius 2 is 2.05 bits per heavy atom. The van der Waals surface area contributed by atoms with E-state index >= 15 is 0 Å². The Hall–Kier alpha value is -1.35. The lowest BCUT2D eigenvalue weighted by Gasteiger charge is -2.28. The normalized spacial score (nSPS) is 26.5. The van der Waals surface area contributed by atoms with E-state index in [2.05, 4.69) is 23.5 Å². The van der Waals surface area contributed by atoms with E-state index < -0.39 is 0 Å². The molecule has 0 spiro atoms. The van der Waals surface area contributed by atoms with Gasteiger partial charge in [0.05, 0.1) is 0 Å². The first kappa shape index (κ1) is 12.7. The minimum absolute atomic E-state index is 0.0406. The molecule has 3 nitrogen and oxygen atoms in total. The van der Waals surface area contributed by atoms with Crippen LogP contribution in [0.15, 0.2) is 24.3 Å². The van der Waals surface area contributed by atoms with Crippen LogP contribution in [0.25, 0.3) is 0 Å². The Bertz CT molecular complexity index is 452. The predicted octanol–water partition coefficient (Wildman–Crippen LogP) is 2.75. The van der Waals surface area contributed by atoms with E-state index in [1.807, 2.05) is 6.07 Å². The summed E-state index contributed by atoms with van der Waals surface area (Å²) in [6.07, 6.45) is 6.31. The SMILES string of the molecule is O=C(OC1CCCc2ccccc21)C1CCCCN1. The molecule has 1 saturated heterocycles. The number of hydrogen-bond acceptors (Lipinski definition) is 3. The van der Waals surface area contributed by atoms with Crippen molar-refractivity contribution in [3.8, 4) is 0 Å². The van der Waals surface area contributed by atoms with Crippen LogP contribution in [0.4, 0.5) is 0 Å². The fraction of sp³-hybridized carbons (Fsp3) is 0.562. The number of carbonyl (C=O) groups is 1. The maximum absolute atomic E-state index is 12.2. The second-order valence-corrected chi connectivity index (χ2v) is 5.52. The van der Waals surface area contributed by atoms with Crippen LogP contribution in [0.2, 0.25) is 0 Å². The molecule has 0 saturated carbocycles. The Labute approximate surface area is 114 Å². The van der Waals surface area contributed by atoms with E-state index in [0.29, 0.717) is 0 Å². The molecular weight excluding hydrogens is 238 g/mol. The van der Waals surface area contributed by atoms with Crippen LogP contribution in [-0.4, -0.2) is 18.6 Å². The van der Waals surface area contributed by atoms with Crippen molar-refractivity contribution in [1.82, 2.24) is 5.32 Å². The van der Waals surface area contributed by atoms with Crippen LogP contribution in [0.5, 0.6) is 0 Å². The molecular formula is C16H21NO2. The maximum atomic E-state index is 12.2. The summed E-state index contributed by atoms with van der Waals surface area (Å²) in [5.74, 6) is -0.0681. The van der Waals surface area contributed by atoms with Gasteiger partial charge in [0.1, 0.15) is 12.1 Å². The summed E-state index contributed by atoms with van der Waals surface area (Å²) in [7, 11) is 0. The highest BCUT2D eigenvalue weighted by molar-refractivity contribution is 5.76. The molecule has 19 heavy (non-hydrogen) atoms. The zero-order chi connectivity index (χ0) is 13.1. The molecule has 1 aliphatic carbocycles. The maximum Gasteiger partial charge on any atom is 0.323 e. The lowest BCUT2D eigenvalue weighted by molar-refractivity contribution is -0.153. The lowest BCUT2D eigenvalue weighted by atomic mass is 9.89. The Morgan fingerprint density at radius 3 is 2.89 bits per heavy atom. The number of nitrogens with one attached hydrogen (secondary N) is 1. The highest BCUT2D eigenvalue weighted by atomic mass is 16.5. The molecule has 1 aromatic carbocycles. The quantitative estimate of drug-likeness (QED) is 0.830. The number of rotatable bonds is 2. The van der Waals surface area contributed by atoms with Crippen molar-refractivity contribution in [2.75, 3.05) is 6.54 Å². The van der Waals surface area contributed by atoms with Crippen molar-refractivity contribution in [1.29, 1.82) is 0 Å². The van der Waals surface area contributed by atoms with Crippen molar-refractivity contribution in [3.05, 3.63) is 35.4 Å². The van der Waals surface area contributed by atoms with Gasteiger partial charge in [0.25, 0.3) is 0 Å². The number of benzene rings is 1. The number of aryl methyl sites for hydroxylation is 1. The molecule has 3 rings (SSSR count). The van der Waals surface area contributed by atoms with E-state index in [-0.39, 0.29) is 18.1 Å². The molecule has 102 valence electrons. The lowest BCUT2D eigenvalue weighted by Crippen LogP contribution is -2.42. The molecule has 2 aliphatic rings. The van der Waals surface area contributed by atoms with Gasteiger partial charge in [0.2, 0.25) is 0 Å². The van der Waals surface area contributed by atoms with E-state index in [4.69, 9.17) is 4.74 Å². The smallest absolute Gasteiger partial charge is 0.323 e. The minimum Gasteiger partial charge on any atom is -0.456 e. The van der Waals surface area contributed by atoms with Crippen LogP contribution in [0.3, 0.4) is 0 Å². The summed E-state index contributed by atoms with van der Waals surface area (Å²) >= 11 is 0. The number of piperidine rings is 1. The number of esters is 1. The van der Waals surface area contributed by atoms with Gasteiger partial charge in [0.15, 0.2) is 0 Å². The number of fused-ring (bicyclic) bond motifs is 1. The van der Waals surface area contributed by atoms with E-state index in [9.17, 15) is 4.79 Å². The van der Waals surface area contributed by atoms with Crippen LogP contribution in [-0.2, 0) is 16.0 Å². The highest BCUT2D eigenvalue weighted by Crippen LogP contribution is 2.32. The summed E-state index contributed by atoms with van der Waals surface area (Å²) in [6, 6.07) is 8.24. The molecule has 0 aromatic heterocycles. The minimum atomic E-state index is -0.0946. The molecule has 0 amide bonds. The third-order valence-corrected chi connectivity index (χ3v) is 4.17. The standard InChI is InChI=1S/C16H21NO2/c18-16(14-9-3-4-11-17-14)19-15-10-5-7-12-6-1-2-8-13(12)15/h1-2,6,8,14-15,17H,3-5,7,9-11H2. The molecule has 0 radical (unpaired) electrons. The van der Waals surface area contributed by atoms with Gasteiger partial charge in [-0.05, 0) is 49.8 Å². The summed E-state index contributed by atoms with van der Waals surface area (Å²) in [6.45, 7) is 0.932. The van der Waals surface area contributed by atoms with Gasteiger partial charge >= 0.3 is 5.97 Å².